The lowest BCUT2D eigenvalue weighted by molar-refractivity contribution is 0.0949. The van der Waals surface area contributed by atoms with E-state index in [1.165, 1.54) is 17.4 Å². The molecule has 2 aromatic carbocycles. The number of thiazole rings is 1. The average molecular weight is 554 g/mol. The first-order valence-electron chi connectivity index (χ1n) is 11.9. The van der Waals surface area contributed by atoms with Crippen molar-refractivity contribution in [2.45, 2.75) is 0 Å². The van der Waals surface area contributed by atoms with Gasteiger partial charge in [0.2, 0.25) is 0 Å². The van der Waals surface area contributed by atoms with E-state index in [0.717, 1.165) is 64.0 Å². The number of halogens is 2. The maximum Gasteiger partial charge on any atom is 0.252 e. The average Bonchev–Trinajstić information content (AvgIpc) is 3.60. The van der Waals surface area contributed by atoms with Crippen LogP contribution >= 0.6 is 35.1 Å². The van der Waals surface area contributed by atoms with Crippen LogP contribution in [-0.2, 0) is 0 Å². The van der Waals surface area contributed by atoms with Crippen molar-refractivity contribution >= 4 is 67.2 Å². The third kappa shape index (κ3) is 5.31. The third-order valence-electron chi connectivity index (χ3n) is 6.45. The van der Waals surface area contributed by atoms with E-state index in [1.54, 1.807) is 17.4 Å². The molecule has 1 fully saturated rings. The Morgan fingerprint density at radius 1 is 1.00 bits per heavy atom. The molecule has 6 nitrogen and oxygen atoms in total. The summed E-state index contributed by atoms with van der Waals surface area (Å²) in [5, 5.41) is 6.85. The van der Waals surface area contributed by atoms with Crippen molar-refractivity contribution in [3.8, 4) is 10.6 Å². The normalized spacial score (nSPS) is 14.1. The van der Waals surface area contributed by atoms with E-state index in [0.29, 0.717) is 17.6 Å². The third-order valence-corrected chi connectivity index (χ3v) is 8.42. The molecule has 0 aliphatic carbocycles. The van der Waals surface area contributed by atoms with Gasteiger partial charge in [-0.25, -0.2) is 14.4 Å². The van der Waals surface area contributed by atoms with Gasteiger partial charge in [0.15, 0.2) is 5.13 Å². The summed E-state index contributed by atoms with van der Waals surface area (Å²) >= 11 is 3.15. The van der Waals surface area contributed by atoms with Crippen molar-refractivity contribution < 1.29 is 9.18 Å². The molecule has 1 aliphatic heterocycles. The minimum absolute atomic E-state index is 0. The summed E-state index contributed by atoms with van der Waals surface area (Å²) in [4.78, 5) is 28.1. The van der Waals surface area contributed by atoms with Crippen molar-refractivity contribution in [1.82, 2.24) is 20.2 Å². The minimum atomic E-state index is -0.270. The second kappa shape index (κ2) is 11.1. The lowest BCUT2D eigenvalue weighted by Crippen LogP contribution is -2.48. The highest BCUT2D eigenvalue weighted by Crippen LogP contribution is 2.31. The van der Waals surface area contributed by atoms with Crippen LogP contribution in [0.5, 0.6) is 0 Å². The number of hydrogen-bond donors (Lipinski definition) is 1. The molecule has 4 heterocycles. The number of carbonyl (C=O) groups excluding carboxylic acids is 1. The predicted molar refractivity (Wildman–Crippen MR) is 153 cm³/mol. The fourth-order valence-corrected chi connectivity index (χ4v) is 6.26. The molecule has 1 saturated heterocycles. The highest BCUT2D eigenvalue weighted by Gasteiger charge is 2.21. The van der Waals surface area contributed by atoms with E-state index < -0.39 is 0 Å². The van der Waals surface area contributed by atoms with Gasteiger partial charge in [0.1, 0.15) is 11.3 Å². The Morgan fingerprint density at radius 2 is 1.84 bits per heavy atom. The van der Waals surface area contributed by atoms with Gasteiger partial charge in [0.25, 0.3) is 5.91 Å². The molecule has 1 aliphatic rings. The maximum absolute atomic E-state index is 14.0. The van der Waals surface area contributed by atoms with Crippen LogP contribution in [0.15, 0.2) is 66.0 Å². The lowest BCUT2D eigenvalue weighted by atomic mass is 10.1. The molecular weight excluding hydrogens is 529 g/mol. The first-order chi connectivity index (χ1) is 17.7. The SMILES string of the molecule is Cl.O=C(NCCN1CCN(c2nc3c(F)cccc3s2)CC1)c1cc(-c2cccs2)nc2ccccc12. The predicted octanol–water partition coefficient (Wildman–Crippen LogP) is 5.69. The summed E-state index contributed by atoms with van der Waals surface area (Å²) in [6.45, 7) is 4.73. The summed E-state index contributed by atoms with van der Waals surface area (Å²) in [6.07, 6.45) is 0. The Bertz CT molecular complexity index is 1530. The molecule has 0 atom stereocenters. The van der Waals surface area contributed by atoms with Crippen LogP contribution in [0, 0.1) is 5.82 Å². The van der Waals surface area contributed by atoms with E-state index in [-0.39, 0.29) is 24.1 Å². The molecule has 37 heavy (non-hydrogen) atoms. The second-order valence-electron chi connectivity index (χ2n) is 8.72. The highest BCUT2D eigenvalue weighted by atomic mass is 35.5. The van der Waals surface area contributed by atoms with Crippen LogP contribution in [0.25, 0.3) is 31.7 Å². The molecule has 1 amide bonds. The standard InChI is InChI=1S/C27H24FN5OS2.ClH/c28-20-6-3-8-24-25(20)31-27(36-24)33-14-12-32(13-15-33)11-10-29-26(34)19-17-22(23-9-4-16-35-23)30-21-7-2-1-5-18(19)21;/h1-9,16-17H,10-15H2,(H,29,34);1H. The number of thiophene rings is 1. The van der Waals surface area contributed by atoms with Gasteiger partial charge in [-0.15, -0.1) is 23.7 Å². The van der Waals surface area contributed by atoms with Crippen LogP contribution < -0.4 is 10.2 Å². The molecule has 0 saturated carbocycles. The van der Waals surface area contributed by atoms with Gasteiger partial charge in [-0.2, -0.15) is 0 Å². The van der Waals surface area contributed by atoms with Crippen LogP contribution in [0.2, 0.25) is 0 Å². The molecular formula is C27H25ClFN5OS2. The smallest absolute Gasteiger partial charge is 0.252 e. The van der Waals surface area contributed by atoms with Crippen molar-refractivity contribution in [1.29, 1.82) is 0 Å². The number of anilines is 1. The molecule has 10 heteroatoms. The molecule has 190 valence electrons. The number of pyridine rings is 1. The van der Waals surface area contributed by atoms with E-state index >= 15 is 0 Å². The quantitative estimate of drug-likeness (QED) is 0.293. The number of para-hydroxylation sites is 2. The van der Waals surface area contributed by atoms with Gasteiger partial charge in [-0.05, 0) is 35.7 Å². The Hall–Kier alpha value is -3.11. The second-order valence-corrected chi connectivity index (χ2v) is 10.7. The zero-order valence-corrected chi connectivity index (χ0v) is 22.3. The summed E-state index contributed by atoms with van der Waals surface area (Å²) in [6, 6.07) is 18.8. The van der Waals surface area contributed by atoms with Gasteiger partial charge in [-0.1, -0.05) is 41.7 Å². The summed E-state index contributed by atoms with van der Waals surface area (Å²) in [7, 11) is 0. The number of benzene rings is 2. The van der Waals surface area contributed by atoms with Crippen molar-refractivity contribution in [3.63, 3.8) is 0 Å². The summed E-state index contributed by atoms with van der Waals surface area (Å²) in [5.74, 6) is -0.351. The Morgan fingerprint density at radius 3 is 2.62 bits per heavy atom. The molecule has 3 aromatic heterocycles. The molecule has 6 rings (SSSR count). The van der Waals surface area contributed by atoms with E-state index in [4.69, 9.17) is 4.98 Å². The monoisotopic (exact) mass is 553 g/mol. The summed E-state index contributed by atoms with van der Waals surface area (Å²) < 4.78 is 14.9. The number of rotatable bonds is 6. The fourth-order valence-electron chi connectivity index (χ4n) is 4.54. The number of nitrogens with zero attached hydrogens (tertiary/aromatic N) is 4. The zero-order valence-electron chi connectivity index (χ0n) is 19.9. The largest absolute Gasteiger partial charge is 0.351 e. The number of aromatic nitrogens is 2. The van der Waals surface area contributed by atoms with Gasteiger partial charge < -0.3 is 10.2 Å². The van der Waals surface area contributed by atoms with E-state index in [1.807, 2.05) is 53.9 Å². The van der Waals surface area contributed by atoms with Crippen molar-refractivity contribution in [2.75, 3.05) is 44.2 Å². The van der Waals surface area contributed by atoms with Gasteiger partial charge in [0, 0.05) is 44.7 Å². The molecule has 0 radical (unpaired) electrons. The van der Waals surface area contributed by atoms with Crippen LogP contribution in [0.4, 0.5) is 9.52 Å². The number of amides is 1. The summed E-state index contributed by atoms with van der Waals surface area (Å²) in [5.41, 5.74) is 2.74. The number of fused-ring (bicyclic) bond motifs is 2. The zero-order chi connectivity index (χ0) is 24.5. The number of piperazine rings is 1. The maximum atomic E-state index is 14.0. The number of hydrogen-bond acceptors (Lipinski definition) is 7. The molecule has 0 bridgehead atoms. The Labute approximate surface area is 228 Å². The molecule has 0 spiro atoms. The van der Waals surface area contributed by atoms with Crippen LogP contribution in [-0.4, -0.2) is 60.0 Å². The Kier molecular flexibility index (Phi) is 7.66. The van der Waals surface area contributed by atoms with Crippen molar-refractivity contribution in [2.24, 2.45) is 0 Å². The van der Waals surface area contributed by atoms with E-state index in [2.05, 4.69) is 20.1 Å². The topological polar surface area (TPSA) is 61.4 Å². The van der Waals surface area contributed by atoms with Gasteiger partial charge >= 0.3 is 0 Å². The van der Waals surface area contributed by atoms with E-state index in [9.17, 15) is 9.18 Å². The first-order valence-corrected chi connectivity index (χ1v) is 13.6. The number of carbonyl (C=O) groups is 1. The molecule has 0 unspecified atom stereocenters. The van der Waals surface area contributed by atoms with Gasteiger partial charge in [-0.3, -0.25) is 9.69 Å². The Balaban J connectivity index is 0.00000280. The van der Waals surface area contributed by atoms with Crippen LogP contribution in [0.1, 0.15) is 10.4 Å². The number of nitrogens with one attached hydrogen (secondary N) is 1. The highest BCUT2D eigenvalue weighted by molar-refractivity contribution is 7.22. The van der Waals surface area contributed by atoms with Crippen LogP contribution in [0.3, 0.4) is 0 Å². The minimum Gasteiger partial charge on any atom is -0.351 e. The van der Waals surface area contributed by atoms with Crippen molar-refractivity contribution in [3.05, 3.63) is 77.4 Å². The first kappa shape index (κ1) is 25.5. The molecule has 1 N–H and O–H groups in total. The lowest BCUT2D eigenvalue weighted by Gasteiger charge is -2.34. The fraction of sp³-hybridized carbons (Fsp3) is 0.222. The molecule has 5 aromatic rings. The van der Waals surface area contributed by atoms with Gasteiger partial charge in [0.05, 0.1) is 26.4 Å².